The Morgan fingerprint density at radius 1 is 1.09 bits per heavy atom. The molecule has 4 aromatic rings. The molecule has 0 bridgehead atoms. The first-order chi connectivity index (χ1) is 20.5. The number of aromatic nitrogens is 5. The van der Waals surface area contributed by atoms with Gasteiger partial charge in [0.1, 0.15) is 34.9 Å². The molecule has 1 atom stereocenters. The van der Waals surface area contributed by atoms with Crippen LogP contribution in [0.3, 0.4) is 0 Å². The zero-order valence-electron chi connectivity index (χ0n) is 24.7. The van der Waals surface area contributed by atoms with Gasteiger partial charge in [0.05, 0.1) is 28.0 Å². The van der Waals surface area contributed by atoms with Crippen LogP contribution in [0.4, 0.5) is 14.6 Å². The number of hydrogen-bond acceptors (Lipinski definition) is 8. The third-order valence-electron chi connectivity index (χ3n) is 7.66. The minimum absolute atomic E-state index is 0.174. The number of rotatable bonds is 6. The van der Waals surface area contributed by atoms with Crippen molar-refractivity contribution in [2.75, 3.05) is 24.5 Å². The molecule has 1 aliphatic heterocycles. The van der Waals surface area contributed by atoms with Gasteiger partial charge in [-0.2, -0.15) is 4.98 Å². The van der Waals surface area contributed by atoms with Gasteiger partial charge in [0.25, 0.3) is 0 Å². The van der Waals surface area contributed by atoms with E-state index < -0.39 is 34.3 Å². The van der Waals surface area contributed by atoms with Crippen molar-refractivity contribution in [3.63, 3.8) is 0 Å². The first kappa shape index (κ1) is 29.7. The number of phenols is 1. The van der Waals surface area contributed by atoms with E-state index in [2.05, 4.69) is 26.5 Å². The number of carbonyl (C=O) groups excluding carboxylic acids is 1. The minimum atomic E-state index is -1.01. The van der Waals surface area contributed by atoms with Gasteiger partial charge in [0.2, 0.25) is 5.91 Å². The van der Waals surface area contributed by atoms with Crippen LogP contribution in [0.25, 0.3) is 27.8 Å². The standard InChI is InChI=1S/C31H33F2N7O3/c1-7-22(42)38-11-12-39(18(6)14-38)30-19-13-34-27(23-20(32)9-8-10-21(23)41)24(33)28(19)40(31(43)37-30)29-25(16(2)3)35-15-36-26(29)17(4)5/h7-10,13,15-18,41H,1,11-12,14H2,2-6H3. The maximum Gasteiger partial charge on any atom is 0.354 e. The lowest BCUT2D eigenvalue weighted by molar-refractivity contribution is -0.126. The fourth-order valence-corrected chi connectivity index (χ4v) is 5.59. The van der Waals surface area contributed by atoms with E-state index in [0.717, 1.165) is 10.6 Å². The third kappa shape index (κ3) is 5.10. The molecule has 1 saturated heterocycles. The number of fused-ring (bicyclic) bond motifs is 1. The number of hydrogen-bond donors (Lipinski definition) is 1. The number of halogens is 2. The summed E-state index contributed by atoms with van der Waals surface area (Å²) in [4.78, 5) is 47.4. The van der Waals surface area contributed by atoms with Gasteiger partial charge in [0, 0.05) is 31.9 Å². The smallest absolute Gasteiger partial charge is 0.354 e. The Balaban J connectivity index is 1.87. The lowest BCUT2D eigenvalue weighted by Gasteiger charge is -2.40. The topological polar surface area (TPSA) is 117 Å². The van der Waals surface area contributed by atoms with E-state index in [-0.39, 0.29) is 40.5 Å². The average molecular weight is 590 g/mol. The van der Waals surface area contributed by atoms with Crippen LogP contribution in [0, 0.1) is 11.6 Å². The van der Waals surface area contributed by atoms with E-state index in [9.17, 15) is 19.1 Å². The maximum atomic E-state index is 16.9. The molecule has 4 heterocycles. The van der Waals surface area contributed by atoms with E-state index in [1.807, 2.05) is 39.5 Å². The summed E-state index contributed by atoms with van der Waals surface area (Å²) in [6.45, 7) is 14.0. The Labute approximate surface area is 247 Å². The summed E-state index contributed by atoms with van der Waals surface area (Å²) in [5, 5.41) is 10.7. The number of nitrogens with zero attached hydrogens (tertiary/aromatic N) is 7. The zero-order chi connectivity index (χ0) is 31.2. The number of anilines is 1. The third-order valence-corrected chi connectivity index (χ3v) is 7.66. The Morgan fingerprint density at radius 2 is 1.77 bits per heavy atom. The second-order valence-electron chi connectivity index (χ2n) is 11.2. The number of piperazine rings is 1. The summed E-state index contributed by atoms with van der Waals surface area (Å²) in [6.07, 6.45) is 3.99. The highest BCUT2D eigenvalue weighted by Crippen LogP contribution is 2.38. The van der Waals surface area contributed by atoms with E-state index >= 15 is 4.39 Å². The van der Waals surface area contributed by atoms with Crippen molar-refractivity contribution in [2.24, 2.45) is 0 Å². The van der Waals surface area contributed by atoms with Gasteiger partial charge in [-0.1, -0.05) is 40.3 Å². The van der Waals surface area contributed by atoms with Crippen molar-refractivity contribution in [1.29, 1.82) is 0 Å². The number of pyridine rings is 1. The van der Waals surface area contributed by atoms with E-state index in [0.29, 0.717) is 36.7 Å². The number of carbonyl (C=O) groups is 1. The highest BCUT2D eigenvalue weighted by molar-refractivity contribution is 5.94. The summed E-state index contributed by atoms with van der Waals surface area (Å²) in [5.41, 5.74) is -0.561. The predicted molar refractivity (Wildman–Crippen MR) is 160 cm³/mol. The molecule has 3 aromatic heterocycles. The van der Waals surface area contributed by atoms with E-state index in [1.54, 1.807) is 4.90 Å². The van der Waals surface area contributed by atoms with Crippen LogP contribution < -0.4 is 10.6 Å². The van der Waals surface area contributed by atoms with Crippen molar-refractivity contribution in [3.8, 4) is 22.7 Å². The molecule has 0 aliphatic carbocycles. The Hall–Kier alpha value is -4.74. The van der Waals surface area contributed by atoms with Crippen molar-refractivity contribution >= 4 is 22.6 Å². The first-order valence-electron chi connectivity index (χ1n) is 14.1. The fourth-order valence-electron chi connectivity index (χ4n) is 5.59. The van der Waals surface area contributed by atoms with Gasteiger partial charge in [-0.15, -0.1) is 0 Å². The van der Waals surface area contributed by atoms with Gasteiger partial charge < -0.3 is 14.9 Å². The van der Waals surface area contributed by atoms with Gasteiger partial charge in [-0.05, 0) is 37.0 Å². The first-order valence-corrected chi connectivity index (χ1v) is 14.1. The van der Waals surface area contributed by atoms with Crippen LogP contribution in [0.5, 0.6) is 5.75 Å². The lowest BCUT2D eigenvalue weighted by Crippen LogP contribution is -2.54. The number of aromatic hydroxyl groups is 1. The quantitative estimate of drug-likeness (QED) is 0.322. The molecule has 1 amide bonds. The molecule has 0 spiro atoms. The highest BCUT2D eigenvalue weighted by atomic mass is 19.1. The molecule has 0 saturated carbocycles. The second-order valence-corrected chi connectivity index (χ2v) is 11.2. The summed E-state index contributed by atoms with van der Waals surface area (Å²) in [7, 11) is 0. The maximum absolute atomic E-state index is 16.9. The monoisotopic (exact) mass is 589 g/mol. The Morgan fingerprint density at radius 3 is 2.35 bits per heavy atom. The molecule has 12 heteroatoms. The lowest BCUT2D eigenvalue weighted by atomic mass is 10.0. The molecular formula is C31H33F2N7O3. The average Bonchev–Trinajstić information content (AvgIpc) is 2.97. The molecule has 5 rings (SSSR count). The van der Waals surface area contributed by atoms with Crippen LogP contribution >= 0.6 is 0 Å². The molecule has 43 heavy (non-hydrogen) atoms. The Bertz CT molecular complexity index is 1760. The van der Waals surface area contributed by atoms with Crippen molar-refractivity contribution < 1.29 is 18.7 Å². The highest BCUT2D eigenvalue weighted by Gasteiger charge is 2.32. The summed E-state index contributed by atoms with van der Waals surface area (Å²) in [6, 6.07) is 3.34. The Kier molecular flexibility index (Phi) is 7.96. The molecule has 1 aliphatic rings. The summed E-state index contributed by atoms with van der Waals surface area (Å²) in [5.74, 6) is -2.77. The SMILES string of the molecule is C=CC(=O)N1CCN(c2nc(=O)n(-c3c(C(C)C)ncnc3C(C)C)c3c(F)c(-c4c(O)cccc4F)ncc23)C(C)C1. The van der Waals surface area contributed by atoms with Crippen LogP contribution in [-0.4, -0.2) is 66.1 Å². The zero-order valence-corrected chi connectivity index (χ0v) is 24.7. The molecule has 224 valence electrons. The van der Waals surface area contributed by atoms with Crippen LogP contribution in [0.1, 0.15) is 57.8 Å². The number of benzene rings is 1. The van der Waals surface area contributed by atoms with Crippen LogP contribution in [0.2, 0.25) is 0 Å². The summed E-state index contributed by atoms with van der Waals surface area (Å²) >= 11 is 0. The molecule has 1 N–H and O–H groups in total. The molecule has 1 fully saturated rings. The molecular weight excluding hydrogens is 556 g/mol. The van der Waals surface area contributed by atoms with Crippen LogP contribution in [-0.2, 0) is 4.79 Å². The molecule has 10 nitrogen and oxygen atoms in total. The van der Waals surface area contributed by atoms with Gasteiger partial charge in [-0.3, -0.25) is 14.3 Å². The van der Waals surface area contributed by atoms with Crippen molar-refractivity contribution in [3.05, 3.63) is 76.9 Å². The second kappa shape index (κ2) is 11.5. The number of phenolic OH excluding ortho intramolecular Hbond substituents is 1. The fraction of sp³-hybridized carbons (Fsp3) is 0.355. The molecule has 0 radical (unpaired) electrons. The van der Waals surface area contributed by atoms with Gasteiger partial charge in [0.15, 0.2) is 5.82 Å². The van der Waals surface area contributed by atoms with E-state index in [1.165, 1.54) is 30.7 Å². The normalized spacial score (nSPS) is 15.5. The van der Waals surface area contributed by atoms with E-state index in [4.69, 9.17) is 0 Å². The molecule has 1 aromatic carbocycles. The van der Waals surface area contributed by atoms with Crippen molar-refractivity contribution in [2.45, 2.75) is 52.5 Å². The minimum Gasteiger partial charge on any atom is -0.507 e. The van der Waals surface area contributed by atoms with Gasteiger partial charge in [-0.25, -0.2) is 23.5 Å². The predicted octanol–water partition coefficient (Wildman–Crippen LogP) is 4.69. The largest absolute Gasteiger partial charge is 0.507 e. The summed E-state index contributed by atoms with van der Waals surface area (Å²) < 4.78 is 33.1. The van der Waals surface area contributed by atoms with Crippen molar-refractivity contribution in [1.82, 2.24) is 29.4 Å². The number of amides is 1. The molecule has 1 unspecified atom stereocenters. The van der Waals surface area contributed by atoms with Gasteiger partial charge >= 0.3 is 5.69 Å². The van der Waals surface area contributed by atoms with Crippen LogP contribution in [0.15, 0.2) is 48.2 Å².